The average Bonchev–Trinajstić information content (AvgIpc) is 3.27. The molecule has 0 aliphatic rings. The minimum absolute atomic E-state index is 0.197. The fourth-order valence-corrected chi connectivity index (χ4v) is 3.94. The Kier molecular flexibility index (Phi) is 5.59. The van der Waals surface area contributed by atoms with E-state index in [4.69, 9.17) is 4.74 Å². The number of nitrogens with zero attached hydrogens (tertiary/aromatic N) is 2. The summed E-state index contributed by atoms with van der Waals surface area (Å²) in [4.78, 5) is 25.0. The monoisotopic (exact) mass is 451 g/mol. The molecule has 0 aliphatic heterocycles. The number of amides is 1. The van der Waals surface area contributed by atoms with Crippen LogP contribution in [0.5, 0.6) is 5.75 Å². The van der Waals surface area contributed by atoms with Crippen LogP contribution in [0.2, 0.25) is 0 Å². The van der Waals surface area contributed by atoms with Crippen molar-refractivity contribution in [1.82, 2.24) is 15.0 Å². The number of aromatic amines is 1. The van der Waals surface area contributed by atoms with Gasteiger partial charge in [-0.15, -0.1) is 0 Å². The summed E-state index contributed by atoms with van der Waals surface area (Å²) in [5.74, 6) is 1.08. The number of nitrogens with one attached hydrogen (secondary N) is 3. The van der Waals surface area contributed by atoms with Gasteiger partial charge in [-0.2, -0.15) is 0 Å². The molecule has 0 fully saturated rings. The lowest BCUT2D eigenvalue weighted by Gasteiger charge is -2.13. The quantitative estimate of drug-likeness (QED) is 0.301. The summed E-state index contributed by atoms with van der Waals surface area (Å²) in [6.45, 7) is 4.09. The maximum atomic E-state index is 12.8. The van der Waals surface area contributed by atoms with Gasteiger partial charge >= 0.3 is 0 Å². The highest BCUT2D eigenvalue weighted by Gasteiger charge is 2.13. The molecule has 34 heavy (non-hydrogen) atoms. The number of aromatic nitrogens is 3. The third-order valence-electron chi connectivity index (χ3n) is 5.52. The highest BCUT2D eigenvalue weighted by Crippen LogP contribution is 2.35. The number of carbonyl (C=O) groups excluding carboxylic acids is 1. The second-order valence-corrected chi connectivity index (χ2v) is 8.41. The van der Waals surface area contributed by atoms with Crippen LogP contribution in [-0.2, 0) is 0 Å². The summed E-state index contributed by atoms with van der Waals surface area (Å²) in [5, 5.41) is 8.11. The first-order valence-electron chi connectivity index (χ1n) is 11.1. The molecule has 0 atom stereocenters. The number of anilines is 2. The smallest absolute Gasteiger partial charge is 0.272 e. The van der Waals surface area contributed by atoms with Crippen LogP contribution in [0.15, 0.2) is 72.9 Å². The van der Waals surface area contributed by atoms with Gasteiger partial charge in [-0.05, 0) is 49.7 Å². The Balaban J connectivity index is 1.45. The van der Waals surface area contributed by atoms with Crippen LogP contribution in [0, 0.1) is 0 Å². The number of benzene rings is 3. The van der Waals surface area contributed by atoms with Crippen molar-refractivity contribution in [1.29, 1.82) is 0 Å². The molecule has 3 N–H and O–H groups in total. The van der Waals surface area contributed by atoms with Crippen LogP contribution >= 0.6 is 0 Å². The van der Waals surface area contributed by atoms with E-state index in [-0.39, 0.29) is 11.9 Å². The van der Waals surface area contributed by atoms with E-state index in [9.17, 15) is 4.79 Å². The van der Waals surface area contributed by atoms with E-state index in [1.54, 1.807) is 13.3 Å². The fourth-order valence-electron chi connectivity index (χ4n) is 3.94. The normalized spacial score (nSPS) is 11.2. The molecule has 3 aromatic carbocycles. The van der Waals surface area contributed by atoms with Crippen molar-refractivity contribution < 1.29 is 9.53 Å². The summed E-state index contributed by atoms with van der Waals surface area (Å²) in [5.41, 5.74) is 4.73. The molecule has 0 saturated carbocycles. The van der Waals surface area contributed by atoms with Crippen LogP contribution < -0.4 is 15.4 Å². The number of hydrogen-bond donors (Lipinski definition) is 3. The Labute approximate surface area is 197 Å². The Morgan fingerprint density at radius 1 is 1.00 bits per heavy atom. The van der Waals surface area contributed by atoms with Crippen molar-refractivity contribution in [3.8, 4) is 16.9 Å². The predicted octanol–water partition coefficient (Wildman–Crippen LogP) is 5.86. The molecule has 170 valence electrons. The topological polar surface area (TPSA) is 91.9 Å². The summed E-state index contributed by atoms with van der Waals surface area (Å²) in [7, 11) is 1.64. The van der Waals surface area contributed by atoms with Gasteiger partial charge in [-0.25, -0.2) is 9.97 Å². The van der Waals surface area contributed by atoms with Gasteiger partial charge in [0.05, 0.1) is 12.6 Å². The predicted molar refractivity (Wildman–Crippen MR) is 137 cm³/mol. The minimum Gasteiger partial charge on any atom is -0.496 e. The molecule has 0 spiro atoms. The first-order valence-corrected chi connectivity index (χ1v) is 11.1. The first kappa shape index (κ1) is 21.5. The highest BCUT2D eigenvalue weighted by atomic mass is 16.5. The average molecular weight is 452 g/mol. The summed E-state index contributed by atoms with van der Waals surface area (Å²) in [6.07, 6.45) is 1.80. The molecule has 2 aromatic heterocycles. The minimum atomic E-state index is -0.197. The van der Waals surface area contributed by atoms with Gasteiger partial charge in [0.25, 0.3) is 5.91 Å². The summed E-state index contributed by atoms with van der Waals surface area (Å²) >= 11 is 0. The largest absolute Gasteiger partial charge is 0.496 e. The van der Waals surface area contributed by atoms with Gasteiger partial charge in [0.15, 0.2) is 0 Å². The maximum Gasteiger partial charge on any atom is 0.272 e. The van der Waals surface area contributed by atoms with Crippen LogP contribution in [0.1, 0.15) is 24.3 Å². The second kappa shape index (κ2) is 8.86. The molecule has 5 aromatic rings. The van der Waals surface area contributed by atoms with Crippen molar-refractivity contribution in [2.24, 2.45) is 0 Å². The van der Waals surface area contributed by atoms with Gasteiger partial charge < -0.3 is 20.4 Å². The number of para-hydroxylation sites is 1. The Bertz CT molecular complexity index is 1470. The molecule has 2 heterocycles. The molecule has 0 radical (unpaired) electrons. The SMILES string of the molecule is COc1cc2nc(NC(C)C)ncc2cc1-c1cccc(NC(=O)c2cc3ccccc3[nH]2)c1. The van der Waals surface area contributed by atoms with Crippen molar-refractivity contribution in [3.63, 3.8) is 0 Å². The van der Waals surface area contributed by atoms with Crippen molar-refractivity contribution in [2.75, 3.05) is 17.7 Å². The van der Waals surface area contributed by atoms with E-state index in [0.717, 1.165) is 32.9 Å². The lowest BCUT2D eigenvalue weighted by molar-refractivity contribution is 0.102. The molecule has 0 unspecified atom stereocenters. The number of hydrogen-bond acceptors (Lipinski definition) is 5. The van der Waals surface area contributed by atoms with Gasteiger partial charge in [-0.3, -0.25) is 4.79 Å². The number of methoxy groups -OCH3 is 1. The third kappa shape index (κ3) is 4.28. The number of ether oxygens (including phenoxy) is 1. The van der Waals surface area contributed by atoms with E-state index in [2.05, 4.69) is 25.6 Å². The van der Waals surface area contributed by atoms with Crippen LogP contribution in [0.3, 0.4) is 0 Å². The lowest BCUT2D eigenvalue weighted by atomic mass is 10.0. The Hall–Kier alpha value is -4.39. The van der Waals surface area contributed by atoms with Gasteiger partial charge in [-0.1, -0.05) is 30.3 Å². The zero-order valence-corrected chi connectivity index (χ0v) is 19.2. The molecule has 7 nitrogen and oxygen atoms in total. The molecule has 0 aliphatic carbocycles. The van der Waals surface area contributed by atoms with Gasteiger partial charge in [0.1, 0.15) is 11.4 Å². The third-order valence-corrected chi connectivity index (χ3v) is 5.52. The van der Waals surface area contributed by atoms with Crippen LogP contribution in [-0.4, -0.2) is 34.0 Å². The summed E-state index contributed by atoms with van der Waals surface area (Å²) < 4.78 is 5.68. The molecule has 1 amide bonds. The van der Waals surface area contributed by atoms with Gasteiger partial charge in [0, 0.05) is 45.8 Å². The highest BCUT2D eigenvalue weighted by molar-refractivity contribution is 6.06. The molecular weight excluding hydrogens is 426 g/mol. The second-order valence-electron chi connectivity index (χ2n) is 8.41. The van der Waals surface area contributed by atoms with Crippen molar-refractivity contribution in [2.45, 2.75) is 19.9 Å². The number of carbonyl (C=O) groups is 1. The fraction of sp³-hybridized carbons (Fsp3) is 0.148. The Morgan fingerprint density at radius 2 is 1.85 bits per heavy atom. The molecule has 7 heteroatoms. The van der Waals surface area contributed by atoms with Crippen LogP contribution in [0.25, 0.3) is 32.9 Å². The van der Waals surface area contributed by atoms with Crippen molar-refractivity contribution >= 4 is 39.3 Å². The maximum absolute atomic E-state index is 12.8. The lowest BCUT2D eigenvalue weighted by Crippen LogP contribution is -2.12. The summed E-state index contributed by atoms with van der Waals surface area (Å²) in [6, 6.07) is 21.5. The standard InChI is InChI=1S/C27H25N5O2/c1-16(2)29-27-28-15-19-12-21(25(34-3)14-23(19)32-27)17-8-6-9-20(11-17)30-26(33)24-13-18-7-4-5-10-22(18)31-24/h4-16,31H,1-3H3,(H,30,33)(H,28,29,32). The molecule has 0 saturated heterocycles. The van der Waals surface area contributed by atoms with E-state index in [1.807, 2.05) is 80.6 Å². The van der Waals surface area contributed by atoms with E-state index in [0.29, 0.717) is 23.1 Å². The molecule has 5 rings (SSSR count). The number of fused-ring (bicyclic) bond motifs is 2. The van der Waals surface area contributed by atoms with E-state index >= 15 is 0 Å². The van der Waals surface area contributed by atoms with Gasteiger partial charge in [0.2, 0.25) is 5.95 Å². The van der Waals surface area contributed by atoms with Crippen molar-refractivity contribution in [3.05, 3.63) is 78.6 Å². The number of H-pyrrole nitrogens is 1. The molecular formula is C27H25N5O2. The van der Waals surface area contributed by atoms with E-state index < -0.39 is 0 Å². The molecule has 0 bridgehead atoms. The van der Waals surface area contributed by atoms with E-state index in [1.165, 1.54) is 0 Å². The van der Waals surface area contributed by atoms with Crippen LogP contribution in [0.4, 0.5) is 11.6 Å². The number of rotatable bonds is 6. The Morgan fingerprint density at radius 3 is 2.65 bits per heavy atom. The first-order chi connectivity index (χ1) is 16.5. The zero-order chi connectivity index (χ0) is 23.7. The zero-order valence-electron chi connectivity index (χ0n) is 19.2.